The predicted molar refractivity (Wildman–Crippen MR) is 89.5 cm³/mol. The maximum Gasteiger partial charge on any atom is 0.279 e. The van der Waals surface area contributed by atoms with Gasteiger partial charge in [-0.05, 0) is 19.8 Å². The van der Waals surface area contributed by atoms with Gasteiger partial charge in [-0.15, -0.1) is 0 Å². The van der Waals surface area contributed by atoms with Crippen molar-refractivity contribution in [2.45, 2.75) is 46.0 Å². The maximum absolute atomic E-state index is 12.5. The molecule has 0 aromatic rings. The highest BCUT2D eigenvalue weighted by Gasteiger charge is 2.32. The van der Waals surface area contributed by atoms with E-state index in [1.165, 1.54) is 4.31 Å². The van der Waals surface area contributed by atoms with Gasteiger partial charge in [0.15, 0.2) is 0 Å². The number of ether oxygens (including phenoxy) is 2. The van der Waals surface area contributed by atoms with Crippen LogP contribution in [-0.2, 0) is 19.7 Å². The van der Waals surface area contributed by atoms with Crippen molar-refractivity contribution in [3.05, 3.63) is 0 Å². The molecule has 2 saturated heterocycles. The molecule has 0 aromatic carbocycles. The minimum absolute atomic E-state index is 0.0808. The average molecular weight is 349 g/mol. The summed E-state index contributed by atoms with van der Waals surface area (Å²) in [5.74, 6) is 0.599. The minimum Gasteiger partial charge on any atom is -0.374 e. The van der Waals surface area contributed by atoms with Crippen LogP contribution in [0.5, 0.6) is 0 Å². The van der Waals surface area contributed by atoms with Gasteiger partial charge in [0.25, 0.3) is 10.2 Å². The van der Waals surface area contributed by atoms with Crippen molar-refractivity contribution in [3.8, 4) is 0 Å². The molecule has 136 valence electrons. The molecule has 0 saturated carbocycles. The van der Waals surface area contributed by atoms with Crippen molar-refractivity contribution in [2.75, 3.05) is 45.9 Å². The van der Waals surface area contributed by atoms with E-state index < -0.39 is 10.2 Å². The van der Waals surface area contributed by atoms with E-state index in [4.69, 9.17) is 9.47 Å². The van der Waals surface area contributed by atoms with Crippen LogP contribution in [0.3, 0.4) is 0 Å². The monoisotopic (exact) mass is 349 g/mol. The summed E-state index contributed by atoms with van der Waals surface area (Å²) in [5, 5.41) is 0. The van der Waals surface area contributed by atoms with Gasteiger partial charge in [-0.3, -0.25) is 4.90 Å². The molecule has 0 amide bonds. The van der Waals surface area contributed by atoms with E-state index in [9.17, 15) is 8.42 Å². The Morgan fingerprint density at radius 2 is 1.83 bits per heavy atom. The van der Waals surface area contributed by atoms with E-state index in [1.807, 2.05) is 13.8 Å². The summed E-state index contributed by atoms with van der Waals surface area (Å²) >= 11 is 0. The number of morpholine rings is 2. The quantitative estimate of drug-likeness (QED) is 0.746. The molecule has 0 unspecified atom stereocenters. The van der Waals surface area contributed by atoms with Gasteiger partial charge >= 0.3 is 0 Å². The van der Waals surface area contributed by atoms with Crippen molar-refractivity contribution in [1.82, 2.24) is 13.9 Å². The number of nitrogens with one attached hydrogen (secondary N) is 1. The minimum atomic E-state index is -3.48. The zero-order valence-electron chi connectivity index (χ0n) is 14.7. The van der Waals surface area contributed by atoms with E-state index >= 15 is 0 Å². The molecule has 2 heterocycles. The Kier molecular flexibility index (Phi) is 6.82. The summed E-state index contributed by atoms with van der Waals surface area (Å²) in [7, 11) is -3.48. The summed E-state index contributed by atoms with van der Waals surface area (Å²) in [6.45, 7) is 12.6. The summed E-state index contributed by atoms with van der Waals surface area (Å²) in [4.78, 5) is 2.34. The Morgan fingerprint density at radius 3 is 2.43 bits per heavy atom. The molecule has 7 nitrogen and oxygen atoms in total. The third-order valence-electron chi connectivity index (χ3n) is 4.07. The number of rotatable bonds is 6. The first-order valence-corrected chi connectivity index (χ1v) is 9.94. The van der Waals surface area contributed by atoms with Crippen LogP contribution in [0.4, 0.5) is 0 Å². The van der Waals surface area contributed by atoms with Crippen LogP contribution < -0.4 is 4.72 Å². The second-order valence-corrected chi connectivity index (χ2v) is 8.83. The lowest BCUT2D eigenvalue weighted by molar-refractivity contribution is -0.0451. The molecular formula is C15H31N3O4S. The molecular weight excluding hydrogens is 318 g/mol. The van der Waals surface area contributed by atoms with E-state index in [0.29, 0.717) is 32.2 Å². The lowest BCUT2D eigenvalue weighted by Gasteiger charge is -2.36. The summed E-state index contributed by atoms with van der Waals surface area (Å²) in [5.41, 5.74) is 0. The van der Waals surface area contributed by atoms with Crippen LogP contribution >= 0.6 is 0 Å². The van der Waals surface area contributed by atoms with Crippen molar-refractivity contribution in [2.24, 2.45) is 5.92 Å². The fraction of sp³-hybridized carbons (Fsp3) is 1.00. The summed E-state index contributed by atoms with van der Waals surface area (Å²) in [6.07, 6.45) is -0.251. The van der Waals surface area contributed by atoms with E-state index in [1.54, 1.807) is 0 Å². The molecule has 0 aliphatic carbocycles. The van der Waals surface area contributed by atoms with Gasteiger partial charge in [0.05, 0.1) is 24.9 Å². The van der Waals surface area contributed by atoms with Crippen LogP contribution in [0.25, 0.3) is 0 Å². The van der Waals surface area contributed by atoms with Gasteiger partial charge in [0.1, 0.15) is 0 Å². The van der Waals surface area contributed by atoms with Crippen LogP contribution in [0.2, 0.25) is 0 Å². The molecule has 0 bridgehead atoms. The van der Waals surface area contributed by atoms with Gasteiger partial charge in [-0.1, -0.05) is 13.8 Å². The van der Waals surface area contributed by atoms with Gasteiger partial charge in [-0.2, -0.15) is 17.4 Å². The second kappa shape index (κ2) is 8.22. The first-order valence-electron chi connectivity index (χ1n) is 8.50. The first kappa shape index (κ1) is 19.1. The SMILES string of the molecule is CC(C)CN1CCO[C@H](CNS(=O)(=O)N2C[C@H](C)O[C@@H](C)C2)C1. The van der Waals surface area contributed by atoms with Crippen LogP contribution in [0.15, 0.2) is 0 Å². The van der Waals surface area contributed by atoms with Gasteiger partial charge in [0.2, 0.25) is 0 Å². The lowest BCUT2D eigenvalue weighted by Crippen LogP contribution is -2.54. The Hall–Kier alpha value is -0.250. The van der Waals surface area contributed by atoms with Crippen LogP contribution in [-0.4, -0.2) is 81.8 Å². The standard InChI is InChI=1S/C15H31N3O4S/c1-12(2)8-17-5-6-21-15(11-17)7-16-23(19,20)18-9-13(3)22-14(4)10-18/h12-16H,5-11H2,1-4H3/t13-,14-,15+/m0/s1. The van der Waals surface area contributed by atoms with E-state index in [2.05, 4.69) is 23.5 Å². The van der Waals surface area contributed by atoms with Crippen molar-refractivity contribution in [1.29, 1.82) is 0 Å². The Labute approximate surface area is 140 Å². The third kappa shape index (κ3) is 5.95. The molecule has 2 aliphatic rings. The molecule has 2 rings (SSSR count). The zero-order chi connectivity index (χ0) is 17.0. The van der Waals surface area contributed by atoms with Gasteiger partial charge in [0, 0.05) is 39.3 Å². The van der Waals surface area contributed by atoms with Gasteiger partial charge in [-0.25, -0.2) is 0 Å². The van der Waals surface area contributed by atoms with E-state index in [0.717, 1.165) is 19.6 Å². The molecule has 23 heavy (non-hydrogen) atoms. The number of hydrogen-bond donors (Lipinski definition) is 1. The third-order valence-corrected chi connectivity index (χ3v) is 5.58. The smallest absolute Gasteiger partial charge is 0.279 e. The number of nitrogens with zero attached hydrogens (tertiary/aromatic N) is 2. The molecule has 0 aromatic heterocycles. The lowest BCUT2D eigenvalue weighted by atomic mass is 10.2. The van der Waals surface area contributed by atoms with E-state index in [-0.39, 0.29) is 18.3 Å². The summed E-state index contributed by atoms with van der Waals surface area (Å²) in [6, 6.07) is 0. The normalized spacial score (nSPS) is 31.6. The highest BCUT2D eigenvalue weighted by molar-refractivity contribution is 7.87. The molecule has 2 aliphatic heterocycles. The Morgan fingerprint density at radius 1 is 1.17 bits per heavy atom. The Bertz CT molecular complexity index is 461. The highest BCUT2D eigenvalue weighted by Crippen LogP contribution is 2.14. The molecule has 3 atom stereocenters. The van der Waals surface area contributed by atoms with Crippen LogP contribution in [0, 0.1) is 5.92 Å². The molecule has 0 spiro atoms. The molecule has 0 radical (unpaired) electrons. The zero-order valence-corrected chi connectivity index (χ0v) is 15.5. The average Bonchev–Trinajstić information content (AvgIpc) is 2.44. The Balaban J connectivity index is 1.84. The fourth-order valence-corrected chi connectivity index (χ4v) is 4.59. The molecule has 2 fully saturated rings. The largest absolute Gasteiger partial charge is 0.374 e. The van der Waals surface area contributed by atoms with Crippen LogP contribution in [0.1, 0.15) is 27.7 Å². The topological polar surface area (TPSA) is 71.1 Å². The van der Waals surface area contributed by atoms with Crippen molar-refractivity contribution >= 4 is 10.2 Å². The van der Waals surface area contributed by atoms with Gasteiger partial charge < -0.3 is 9.47 Å². The fourth-order valence-electron chi connectivity index (χ4n) is 3.20. The number of hydrogen-bond acceptors (Lipinski definition) is 5. The first-order chi connectivity index (χ1) is 10.8. The predicted octanol–water partition coefficient (Wildman–Crippen LogP) is 0.287. The maximum atomic E-state index is 12.5. The highest BCUT2D eigenvalue weighted by atomic mass is 32.2. The summed E-state index contributed by atoms with van der Waals surface area (Å²) < 4.78 is 40.4. The van der Waals surface area contributed by atoms with Crippen molar-refractivity contribution in [3.63, 3.8) is 0 Å². The second-order valence-electron chi connectivity index (χ2n) is 7.07. The molecule has 8 heteroatoms. The van der Waals surface area contributed by atoms with Crippen molar-refractivity contribution < 1.29 is 17.9 Å². The molecule has 1 N–H and O–H groups in total.